The fourth-order valence-electron chi connectivity index (χ4n) is 2.07. The van der Waals surface area contributed by atoms with Crippen LogP contribution in [-0.4, -0.2) is 25.0 Å². The molecule has 0 aromatic carbocycles. The van der Waals surface area contributed by atoms with Crippen molar-refractivity contribution in [3.05, 3.63) is 21.4 Å². The summed E-state index contributed by atoms with van der Waals surface area (Å²) < 4.78 is 0. The monoisotopic (exact) mass is 224 g/mol. The van der Waals surface area contributed by atoms with Gasteiger partial charge in [-0.2, -0.15) is 0 Å². The van der Waals surface area contributed by atoms with E-state index in [1.165, 1.54) is 24.9 Å². The second-order valence-corrected chi connectivity index (χ2v) is 5.29. The van der Waals surface area contributed by atoms with Gasteiger partial charge < -0.3 is 10.2 Å². The van der Waals surface area contributed by atoms with Gasteiger partial charge in [-0.15, -0.1) is 11.3 Å². The number of likely N-dealkylation sites (N-methyl/N-ethyl adjacent to an activating group) is 1. The van der Waals surface area contributed by atoms with Crippen LogP contribution in [0.3, 0.4) is 0 Å². The lowest BCUT2D eigenvalue weighted by Crippen LogP contribution is -2.26. The molecule has 1 aromatic heterocycles. The summed E-state index contributed by atoms with van der Waals surface area (Å²) in [4.78, 5) is 3.99. The predicted molar refractivity (Wildman–Crippen MR) is 66.4 cm³/mol. The lowest BCUT2D eigenvalue weighted by atomic mass is 10.0. The Balaban J connectivity index is 2.01. The third kappa shape index (κ3) is 2.60. The fraction of sp³-hybridized carbons (Fsp3) is 0.667. The summed E-state index contributed by atoms with van der Waals surface area (Å²) in [5.74, 6) is 0. The van der Waals surface area contributed by atoms with Crippen LogP contribution >= 0.6 is 11.3 Å². The van der Waals surface area contributed by atoms with Gasteiger partial charge in [0.15, 0.2) is 0 Å². The van der Waals surface area contributed by atoms with E-state index in [-0.39, 0.29) is 0 Å². The zero-order valence-corrected chi connectivity index (χ0v) is 10.5. The van der Waals surface area contributed by atoms with Gasteiger partial charge in [-0.1, -0.05) is 6.92 Å². The predicted octanol–water partition coefficient (Wildman–Crippen LogP) is 2.24. The van der Waals surface area contributed by atoms with E-state index in [0.29, 0.717) is 0 Å². The van der Waals surface area contributed by atoms with Crippen molar-refractivity contribution >= 4 is 11.3 Å². The highest BCUT2D eigenvalue weighted by Crippen LogP contribution is 2.27. The van der Waals surface area contributed by atoms with Crippen molar-refractivity contribution in [3.63, 3.8) is 0 Å². The summed E-state index contributed by atoms with van der Waals surface area (Å²) >= 11 is 1.93. The smallest absolute Gasteiger partial charge is 0.0327 e. The van der Waals surface area contributed by atoms with Gasteiger partial charge in [0.05, 0.1) is 0 Å². The molecule has 15 heavy (non-hydrogen) atoms. The molecule has 2 heterocycles. The molecule has 3 heteroatoms. The Labute approximate surface area is 96.3 Å². The van der Waals surface area contributed by atoms with Gasteiger partial charge in [-0.05, 0) is 42.9 Å². The van der Waals surface area contributed by atoms with Crippen molar-refractivity contribution in [2.45, 2.75) is 32.9 Å². The van der Waals surface area contributed by atoms with Crippen LogP contribution in [0.5, 0.6) is 0 Å². The van der Waals surface area contributed by atoms with Crippen molar-refractivity contribution in [1.29, 1.82) is 0 Å². The summed E-state index contributed by atoms with van der Waals surface area (Å²) in [6.07, 6.45) is 2.45. The van der Waals surface area contributed by atoms with Crippen molar-refractivity contribution in [2.24, 2.45) is 0 Å². The van der Waals surface area contributed by atoms with Crippen LogP contribution in [0.15, 0.2) is 5.38 Å². The minimum Gasteiger partial charge on any atom is -0.313 e. The van der Waals surface area contributed by atoms with E-state index in [4.69, 9.17) is 0 Å². The highest BCUT2D eigenvalue weighted by atomic mass is 32.1. The highest BCUT2D eigenvalue weighted by Gasteiger charge is 2.17. The summed E-state index contributed by atoms with van der Waals surface area (Å²) in [5.41, 5.74) is 3.17. The molecule has 1 N–H and O–H groups in total. The molecule has 84 valence electrons. The number of fused-ring (bicyclic) bond motifs is 1. The zero-order valence-electron chi connectivity index (χ0n) is 9.68. The molecule has 1 aromatic rings. The molecule has 2 nitrogen and oxygen atoms in total. The SMILES string of the molecule is CCCNCc1csc2c1CCN(C)C2. The van der Waals surface area contributed by atoms with Gasteiger partial charge in [0.25, 0.3) is 0 Å². The third-order valence-corrected chi connectivity index (χ3v) is 4.03. The van der Waals surface area contributed by atoms with Gasteiger partial charge in [0.2, 0.25) is 0 Å². The Bertz CT molecular complexity index is 319. The van der Waals surface area contributed by atoms with E-state index in [1.807, 2.05) is 11.3 Å². The molecule has 0 saturated heterocycles. The highest BCUT2D eigenvalue weighted by molar-refractivity contribution is 7.10. The first-order valence-corrected chi connectivity index (χ1v) is 6.66. The summed E-state index contributed by atoms with van der Waals surface area (Å²) in [5, 5.41) is 5.83. The molecule has 0 spiro atoms. The Morgan fingerprint density at radius 2 is 2.40 bits per heavy atom. The second kappa shape index (κ2) is 5.10. The Kier molecular flexibility index (Phi) is 3.78. The van der Waals surface area contributed by atoms with E-state index >= 15 is 0 Å². The van der Waals surface area contributed by atoms with Crippen LogP contribution in [0.1, 0.15) is 29.3 Å². The molecule has 0 fully saturated rings. The second-order valence-electron chi connectivity index (χ2n) is 4.33. The molecule has 0 saturated carbocycles. The van der Waals surface area contributed by atoms with E-state index in [1.54, 1.807) is 10.4 Å². The van der Waals surface area contributed by atoms with Crippen LogP contribution in [0.25, 0.3) is 0 Å². The average molecular weight is 224 g/mol. The normalized spacial score (nSPS) is 16.7. The van der Waals surface area contributed by atoms with Gasteiger partial charge in [0.1, 0.15) is 0 Å². The van der Waals surface area contributed by atoms with Crippen molar-refractivity contribution in [1.82, 2.24) is 10.2 Å². The number of nitrogens with one attached hydrogen (secondary N) is 1. The maximum absolute atomic E-state index is 3.49. The van der Waals surface area contributed by atoms with Crippen molar-refractivity contribution in [2.75, 3.05) is 20.1 Å². The molecular weight excluding hydrogens is 204 g/mol. The zero-order chi connectivity index (χ0) is 10.7. The van der Waals surface area contributed by atoms with E-state index in [0.717, 1.165) is 19.6 Å². The number of nitrogens with zero attached hydrogens (tertiary/aromatic N) is 1. The standard InChI is InChI=1S/C12H20N2S/c1-3-5-13-7-10-9-15-12-8-14(2)6-4-11(10)12/h9,13H,3-8H2,1-2H3. The first kappa shape index (κ1) is 11.1. The topological polar surface area (TPSA) is 15.3 Å². The van der Waals surface area contributed by atoms with Gasteiger partial charge in [0, 0.05) is 24.5 Å². The molecule has 0 amide bonds. The molecule has 0 atom stereocenters. The Morgan fingerprint density at radius 1 is 1.53 bits per heavy atom. The van der Waals surface area contributed by atoms with E-state index in [2.05, 4.69) is 29.6 Å². The van der Waals surface area contributed by atoms with Crippen LogP contribution in [-0.2, 0) is 19.5 Å². The first-order chi connectivity index (χ1) is 7.31. The lowest BCUT2D eigenvalue weighted by molar-refractivity contribution is 0.316. The van der Waals surface area contributed by atoms with Gasteiger partial charge in [-0.3, -0.25) is 0 Å². The number of rotatable bonds is 4. The molecule has 0 bridgehead atoms. The number of thiophene rings is 1. The number of hydrogen-bond acceptors (Lipinski definition) is 3. The quantitative estimate of drug-likeness (QED) is 0.789. The van der Waals surface area contributed by atoms with E-state index in [9.17, 15) is 0 Å². The van der Waals surface area contributed by atoms with Gasteiger partial charge >= 0.3 is 0 Å². The largest absolute Gasteiger partial charge is 0.313 e. The van der Waals surface area contributed by atoms with Crippen LogP contribution in [0.4, 0.5) is 0 Å². The van der Waals surface area contributed by atoms with Crippen molar-refractivity contribution < 1.29 is 0 Å². The van der Waals surface area contributed by atoms with E-state index < -0.39 is 0 Å². The Hall–Kier alpha value is -0.380. The maximum Gasteiger partial charge on any atom is 0.0327 e. The van der Waals surface area contributed by atoms with Crippen LogP contribution in [0, 0.1) is 0 Å². The summed E-state index contributed by atoms with van der Waals surface area (Å²) in [6, 6.07) is 0. The molecule has 0 unspecified atom stereocenters. The minimum absolute atomic E-state index is 1.06. The molecule has 1 aliphatic heterocycles. The molecule has 2 rings (SSSR count). The molecule has 1 aliphatic rings. The third-order valence-electron chi connectivity index (χ3n) is 2.97. The fourth-order valence-corrected chi connectivity index (χ4v) is 3.25. The summed E-state index contributed by atoms with van der Waals surface area (Å²) in [6.45, 7) is 6.76. The van der Waals surface area contributed by atoms with Crippen LogP contribution in [0.2, 0.25) is 0 Å². The molecule has 0 radical (unpaired) electrons. The Morgan fingerprint density at radius 3 is 3.20 bits per heavy atom. The minimum atomic E-state index is 1.06. The molecule has 0 aliphatic carbocycles. The van der Waals surface area contributed by atoms with Gasteiger partial charge in [-0.25, -0.2) is 0 Å². The number of hydrogen-bond donors (Lipinski definition) is 1. The molecular formula is C12H20N2S. The van der Waals surface area contributed by atoms with Crippen molar-refractivity contribution in [3.8, 4) is 0 Å². The van der Waals surface area contributed by atoms with Crippen LogP contribution < -0.4 is 5.32 Å². The average Bonchev–Trinajstić information content (AvgIpc) is 2.61. The first-order valence-electron chi connectivity index (χ1n) is 5.78. The maximum atomic E-state index is 3.49. The summed E-state index contributed by atoms with van der Waals surface area (Å²) in [7, 11) is 2.21. The lowest BCUT2D eigenvalue weighted by Gasteiger charge is -2.22.